The number of benzene rings is 1. The first-order chi connectivity index (χ1) is 16.5. The van der Waals surface area contributed by atoms with Gasteiger partial charge in [-0.1, -0.05) is 32.0 Å². The van der Waals surface area contributed by atoms with E-state index in [1.807, 2.05) is 38.1 Å². The number of rotatable bonds is 9. The average Bonchev–Trinajstić information content (AvgIpc) is 3.19. The number of quaternary nitrogens is 1. The summed E-state index contributed by atoms with van der Waals surface area (Å²) in [6.45, 7) is 3.75. The van der Waals surface area contributed by atoms with Crippen LogP contribution in [0.2, 0.25) is 0 Å². The van der Waals surface area contributed by atoms with Crippen molar-refractivity contribution in [3.63, 3.8) is 0 Å². The third-order valence-electron chi connectivity index (χ3n) is 6.79. The third-order valence-corrected chi connectivity index (χ3v) is 6.79. The van der Waals surface area contributed by atoms with Crippen LogP contribution in [0.5, 0.6) is 0 Å². The van der Waals surface area contributed by atoms with E-state index in [2.05, 4.69) is 15.6 Å². The lowest BCUT2D eigenvalue weighted by Crippen LogP contribution is -2.91. The van der Waals surface area contributed by atoms with Crippen LogP contribution < -0.4 is 21.7 Å². The summed E-state index contributed by atoms with van der Waals surface area (Å²) in [5, 5.41) is 39.7. The maximum absolute atomic E-state index is 13.1. The Hall–Kier alpha value is -2.99. The van der Waals surface area contributed by atoms with Crippen LogP contribution in [0.15, 0.2) is 30.5 Å². The molecule has 0 bridgehead atoms. The van der Waals surface area contributed by atoms with Gasteiger partial charge in [-0.3, -0.25) is 14.4 Å². The van der Waals surface area contributed by atoms with Gasteiger partial charge in [0.25, 0.3) is 11.8 Å². The Bertz CT molecular complexity index is 1070. The Morgan fingerprint density at radius 2 is 1.91 bits per heavy atom. The van der Waals surface area contributed by atoms with E-state index >= 15 is 0 Å². The number of carbonyl (C=O) groups excluding carboxylic acids is 3. The first kappa shape index (κ1) is 26.6. The quantitative estimate of drug-likeness (QED) is 0.193. The molecule has 1 aliphatic rings. The Balaban J connectivity index is 1.75. The smallest absolute Gasteiger partial charge is 0.278 e. The van der Waals surface area contributed by atoms with Crippen molar-refractivity contribution in [3.05, 3.63) is 36.0 Å². The lowest BCUT2D eigenvalue weighted by atomic mass is 9.77. The molecule has 2 aromatic rings. The van der Waals surface area contributed by atoms with Crippen molar-refractivity contribution in [2.24, 2.45) is 11.7 Å². The summed E-state index contributed by atoms with van der Waals surface area (Å²) in [5.41, 5.74) is 5.04. The number of para-hydroxylation sites is 1. The zero-order chi connectivity index (χ0) is 25.9. The molecule has 11 nitrogen and oxygen atoms in total. The number of amides is 3. The number of nitrogens with one attached hydrogen (secondary N) is 3. The van der Waals surface area contributed by atoms with Gasteiger partial charge in [0.2, 0.25) is 5.91 Å². The van der Waals surface area contributed by atoms with Crippen molar-refractivity contribution < 1.29 is 35.0 Å². The number of hydrogen-bond donors (Lipinski definition) is 8. The van der Waals surface area contributed by atoms with Crippen molar-refractivity contribution in [3.8, 4) is 0 Å². The molecule has 35 heavy (non-hydrogen) atoms. The molecule has 1 aliphatic carbocycles. The topological polar surface area (TPSA) is 194 Å². The molecule has 10 N–H and O–H groups in total. The maximum Gasteiger partial charge on any atom is 0.278 e. The maximum atomic E-state index is 13.1. The van der Waals surface area contributed by atoms with Gasteiger partial charge in [-0.15, -0.1) is 0 Å². The van der Waals surface area contributed by atoms with E-state index in [1.165, 1.54) is 0 Å². The molecule has 192 valence electrons. The van der Waals surface area contributed by atoms with Crippen molar-refractivity contribution in [2.75, 3.05) is 7.05 Å². The first-order valence-electron chi connectivity index (χ1n) is 11.8. The van der Waals surface area contributed by atoms with Gasteiger partial charge in [0.05, 0.1) is 19.2 Å². The molecule has 1 saturated carbocycles. The molecular formula is C24H36N5O6+. The number of aliphatic hydroxyl groups is 3. The van der Waals surface area contributed by atoms with Crippen LogP contribution in [0.4, 0.5) is 0 Å². The van der Waals surface area contributed by atoms with Gasteiger partial charge in [-0.25, -0.2) is 0 Å². The van der Waals surface area contributed by atoms with Crippen LogP contribution in [-0.4, -0.2) is 81.0 Å². The molecule has 0 spiro atoms. The van der Waals surface area contributed by atoms with E-state index in [9.17, 15) is 29.7 Å². The van der Waals surface area contributed by atoms with Crippen molar-refractivity contribution >= 4 is 28.6 Å². The summed E-state index contributed by atoms with van der Waals surface area (Å²) in [7, 11) is 1.75. The van der Waals surface area contributed by atoms with Crippen LogP contribution in [0, 0.1) is 5.92 Å². The minimum Gasteiger partial charge on any atom is -0.390 e. The SMILES string of the molecule is C[NH2+][C@H](C(=O)N[C@H]1C[C@@](O)(C(=O)N[C@H](Cc2c[nH]c3ccccc23)C(N)=O)C[C@@H](O)[C@@H]1O)C(C)C. The molecule has 1 aromatic heterocycles. The van der Waals surface area contributed by atoms with E-state index in [-0.39, 0.29) is 24.7 Å². The number of H-pyrrole nitrogens is 1. The zero-order valence-corrected chi connectivity index (χ0v) is 20.2. The molecule has 3 rings (SSSR count). The molecule has 0 aliphatic heterocycles. The molecule has 11 heteroatoms. The van der Waals surface area contributed by atoms with E-state index < -0.39 is 54.2 Å². The average molecular weight is 491 g/mol. The number of likely N-dealkylation sites (N-methyl/N-ethyl adjacent to an activating group) is 1. The van der Waals surface area contributed by atoms with Gasteiger partial charge in [-0.2, -0.15) is 0 Å². The summed E-state index contributed by atoms with van der Waals surface area (Å²) in [4.78, 5) is 41.1. The van der Waals surface area contributed by atoms with E-state index in [4.69, 9.17) is 5.73 Å². The number of carbonyl (C=O) groups is 3. The second-order valence-electron chi connectivity index (χ2n) is 9.71. The van der Waals surface area contributed by atoms with Crippen LogP contribution in [0.1, 0.15) is 32.3 Å². The summed E-state index contributed by atoms with van der Waals surface area (Å²) in [6.07, 6.45) is -1.81. The van der Waals surface area contributed by atoms with Crippen LogP contribution in [0.3, 0.4) is 0 Å². The molecule has 1 heterocycles. The van der Waals surface area contributed by atoms with Crippen LogP contribution >= 0.6 is 0 Å². The van der Waals surface area contributed by atoms with Gasteiger partial charge in [0, 0.05) is 42.3 Å². The second kappa shape index (κ2) is 10.7. The fourth-order valence-corrected chi connectivity index (χ4v) is 4.78. The van der Waals surface area contributed by atoms with Crippen molar-refractivity contribution in [1.29, 1.82) is 0 Å². The molecule has 1 fully saturated rings. The Morgan fingerprint density at radius 1 is 1.23 bits per heavy atom. The predicted octanol–water partition coefficient (Wildman–Crippen LogP) is -2.37. The number of fused-ring (bicyclic) bond motifs is 1. The normalized spacial score (nSPS) is 26.3. The Labute approximate surface area is 203 Å². The van der Waals surface area contributed by atoms with Gasteiger partial charge < -0.3 is 42.0 Å². The lowest BCUT2D eigenvalue weighted by molar-refractivity contribution is -0.656. The van der Waals surface area contributed by atoms with Gasteiger partial charge in [0.15, 0.2) is 6.04 Å². The van der Waals surface area contributed by atoms with Gasteiger partial charge in [0.1, 0.15) is 17.7 Å². The summed E-state index contributed by atoms with van der Waals surface area (Å²) in [5.74, 6) is -2.08. The zero-order valence-electron chi connectivity index (χ0n) is 20.2. The fourth-order valence-electron chi connectivity index (χ4n) is 4.78. The molecule has 0 saturated heterocycles. The second-order valence-corrected chi connectivity index (χ2v) is 9.71. The Kier molecular flexibility index (Phi) is 8.16. The van der Waals surface area contributed by atoms with E-state index in [1.54, 1.807) is 18.6 Å². The lowest BCUT2D eigenvalue weighted by Gasteiger charge is -2.42. The van der Waals surface area contributed by atoms with Crippen molar-refractivity contribution in [1.82, 2.24) is 15.6 Å². The molecule has 6 atom stereocenters. The van der Waals surface area contributed by atoms with E-state index in [0.29, 0.717) is 0 Å². The number of nitrogens with two attached hydrogens (primary N) is 2. The van der Waals surface area contributed by atoms with Gasteiger partial charge in [-0.05, 0) is 11.6 Å². The number of hydrogen-bond acceptors (Lipinski definition) is 6. The molecule has 1 aromatic carbocycles. The highest BCUT2D eigenvalue weighted by molar-refractivity contribution is 5.92. The number of aromatic amines is 1. The monoisotopic (exact) mass is 490 g/mol. The van der Waals surface area contributed by atoms with Gasteiger partial charge >= 0.3 is 0 Å². The molecular weight excluding hydrogens is 454 g/mol. The van der Waals surface area contributed by atoms with Crippen LogP contribution in [-0.2, 0) is 20.8 Å². The summed E-state index contributed by atoms with van der Waals surface area (Å²) < 4.78 is 0. The van der Waals surface area contributed by atoms with Crippen LogP contribution in [0.25, 0.3) is 10.9 Å². The van der Waals surface area contributed by atoms with E-state index in [0.717, 1.165) is 16.5 Å². The number of aliphatic hydroxyl groups excluding tert-OH is 2. The highest BCUT2D eigenvalue weighted by atomic mass is 16.3. The largest absolute Gasteiger partial charge is 0.390 e. The third kappa shape index (κ3) is 5.81. The molecule has 3 amide bonds. The highest BCUT2D eigenvalue weighted by Gasteiger charge is 2.50. The summed E-state index contributed by atoms with van der Waals surface area (Å²) >= 11 is 0. The highest BCUT2D eigenvalue weighted by Crippen LogP contribution is 2.30. The van der Waals surface area contributed by atoms with Crippen molar-refractivity contribution in [2.45, 2.75) is 69.0 Å². The number of primary amides is 1. The standard InChI is InChI=1S/C24H35N5O6/c1-12(2)19(26-3)22(33)28-17-9-24(35,10-18(30)20(17)31)23(34)29-16(21(25)32)8-13-11-27-15-7-5-4-6-14(13)15/h4-7,11-12,16-20,26-27,30-31,35H,8-10H2,1-3H3,(H2,25,32)(H,28,33)(H,29,34)/p+1/t16-,17+,18-,19+,20-,24+/m1/s1. The number of aromatic nitrogens is 1. The predicted molar refractivity (Wildman–Crippen MR) is 128 cm³/mol. The first-order valence-corrected chi connectivity index (χ1v) is 11.8. The summed E-state index contributed by atoms with van der Waals surface area (Å²) in [6, 6.07) is 4.83. The Morgan fingerprint density at radius 3 is 2.54 bits per heavy atom. The minimum atomic E-state index is -2.13. The minimum absolute atomic E-state index is 0.00586. The molecule has 0 unspecified atom stereocenters. The molecule has 0 radical (unpaired) electrons. The fraction of sp³-hybridized carbons (Fsp3) is 0.542.